The molecular formula is C21H31Cl2N3OS. The Hall–Kier alpha value is -1.11. The number of nitrogens with one attached hydrogen (secondary N) is 1. The van der Waals surface area contributed by atoms with Gasteiger partial charge in [0.1, 0.15) is 0 Å². The first-order chi connectivity index (χ1) is 12.6. The van der Waals surface area contributed by atoms with E-state index in [1.54, 1.807) is 0 Å². The van der Waals surface area contributed by atoms with Gasteiger partial charge in [-0.3, -0.25) is 9.69 Å². The summed E-state index contributed by atoms with van der Waals surface area (Å²) in [6.45, 7) is 5.95. The first-order valence-corrected chi connectivity index (χ1v) is 10.3. The molecule has 2 unspecified atom stereocenters. The number of piperidine rings is 1. The smallest absolute Gasteiger partial charge is 0.224 e. The van der Waals surface area contributed by atoms with Gasteiger partial charge in [0.25, 0.3) is 0 Å². The van der Waals surface area contributed by atoms with Crippen LogP contribution in [0.25, 0.3) is 0 Å². The van der Waals surface area contributed by atoms with Crippen molar-refractivity contribution >= 4 is 42.1 Å². The summed E-state index contributed by atoms with van der Waals surface area (Å²) in [5.74, 6) is 0.400. The number of halogens is 2. The van der Waals surface area contributed by atoms with E-state index in [0.29, 0.717) is 5.92 Å². The number of carbonyl (C=O) groups is 1. The summed E-state index contributed by atoms with van der Waals surface area (Å²) in [4.78, 5) is 16.4. The van der Waals surface area contributed by atoms with Crippen LogP contribution in [0.1, 0.15) is 36.2 Å². The topological polar surface area (TPSA) is 58.4 Å². The van der Waals surface area contributed by atoms with Crippen LogP contribution in [0, 0.1) is 11.8 Å². The molecule has 0 saturated carbocycles. The van der Waals surface area contributed by atoms with E-state index < -0.39 is 0 Å². The monoisotopic (exact) mass is 443 g/mol. The van der Waals surface area contributed by atoms with Crippen molar-refractivity contribution in [2.75, 3.05) is 19.6 Å². The third-order valence-electron chi connectivity index (χ3n) is 5.37. The molecule has 2 aromatic rings. The van der Waals surface area contributed by atoms with Crippen LogP contribution in [0.3, 0.4) is 0 Å². The van der Waals surface area contributed by atoms with Crippen molar-refractivity contribution in [3.05, 3.63) is 58.3 Å². The second-order valence-electron chi connectivity index (χ2n) is 7.27. The summed E-state index contributed by atoms with van der Waals surface area (Å²) in [6.07, 6.45) is 2.29. The highest BCUT2D eigenvalue weighted by Crippen LogP contribution is 2.22. The lowest BCUT2D eigenvalue weighted by Crippen LogP contribution is -2.41. The van der Waals surface area contributed by atoms with Gasteiger partial charge in [-0.25, -0.2) is 0 Å². The summed E-state index contributed by atoms with van der Waals surface area (Å²) in [5, 5.41) is 5.27. The SMILES string of the molecule is CC(C(=O)NCC1CCN(Cc2cccs2)CC1)C(N)c1ccccc1.Cl.Cl. The van der Waals surface area contributed by atoms with E-state index in [1.165, 1.54) is 4.88 Å². The molecule has 0 spiro atoms. The molecule has 28 heavy (non-hydrogen) atoms. The largest absolute Gasteiger partial charge is 0.356 e. The van der Waals surface area contributed by atoms with E-state index in [-0.39, 0.29) is 42.7 Å². The zero-order valence-corrected chi connectivity index (χ0v) is 18.7. The molecule has 156 valence electrons. The minimum atomic E-state index is -0.260. The summed E-state index contributed by atoms with van der Waals surface area (Å²) < 4.78 is 0. The zero-order valence-electron chi connectivity index (χ0n) is 16.3. The Morgan fingerprint density at radius 3 is 2.46 bits per heavy atom. The number of amides is 1. The Bertz CT molecular complexity index is 676. The number of hydrogen-bond acceptors (Lipinski definition) is 4. The van der Waals surface area contributed by atoms with Gasteiger partial charge < -0.3 is 11.1 Å². The maximum atomic E-state index is 12.5. The first-order valence-electron chi connectivity index (χ1n) is 9.46. The summed E-state index contributed by atoms with van der Waals surface area (Å²) in [6, 6.07) is 13.9. The molecule has 2 atom stereocenters. The summed E-state index contributed by atoms with van der Waals surface area (Å²) in [7, 11) is 0. The van der Waals surface area contributed by atoms with Gasteiger partial charge in [-0.15, -0.1) is 36.2 Å². The molecule has 1 aliphatic heterocycles. The number of thiophene rings is 1. The number of hydrogen-bond donors (Lipinski definition) is 2. The van der Waals surface area contributed by atoms with E-state index in [0.717, 1.165) is 44.6 Å². The van der Waals surface area contributed by atoms with E-state index in [4.69, 9.17) is 5.73 Å². The fourth-order valence-corrected chi connectivity index (χ4v) is 4.25. The fourth-order valence-electron chi connectivity index (χ4n) is 3.50. The highest BCUT2D eigenvalue weighted by Gasteiger charge is 2.24. The van der Waals surface area contributed by atoms with Crippen molar-refractivity contribution in [3.8, 4) is 0 Å². The number of benzene rings is 1. The fraction of sp³-hybridized carbons (Fsp3) is 0.476. The summed E-state index contributed by atoms with van der Waals surface area (Å²) >= 11 is 1.83. The van der Waals surface area contributed by atoms with E-state index in [9.17, 15) is 4.79 Å². The van der Waals surface area contributed by atoms with Gasteiger partial charge in [-0.1, -0.05) is 43.3 Å². The van der Waals surface area contributed by atoms with E-state index in [1.807, 2.05) is 48.6 Å². The summed E-state index contributed by atoms with van der Waals surface area (Å²) in [5.41, 5.74) is 7.28. The Labute approximate surface area is 184 Å². The molecular weight excluding hydrogens is 413 g/mol. The highest BCUT2D eigenvalue weighted by molar-refractivity contribution is 7.09. The number of nitrogens with zero attached hydrogens (tertiary/aromatic N) is 1. The maximum absolute atomic E-state index is 12.5. The lowest BCUT2D eigenvalue weighted by Gasteiger charge is -2.32. The van der Waals surface area contributed by atoms with Crippen LogP contribution >= 0.6 is 36.2 Å². The molecule has 3 N–H and O–H groups in total. The Morgan fingerprint density at radius 2 is 1.86 bits per heavy atom. The van der Waals surface area contributed by atoms with Crippen molar-refractivity contribution in [3.63, 3.8) is 0 Å². The second kappa shape index (κ2) is 12.5. The zero-order chi connectivity index (χ0) is 18.4. The van der Waals surface area contributed by atoms with Crippen molar-refractivity contribution in [1.82, 2.24) is 10.2 Å². The Morgan fingerprint density at radius 1 is 1.18 bits per heavy atom. The lowest BCUT2D eigenvalue weighted by atomic mass is 9.93. The quantitative estimate of drug-likeness (QED) is 0.671. The van der Waals surface area contributed by atoms with Crippen molar-refractivity contribution in [1.29, 1.82) is 0 Å². The first kappa shape index (κ1) is 24.9. The van der Waals surface area contributed by atoms with Crippen LogP contribution in [-0.4, -0.2) is 30.4 Å². The predicted molar refractivity (Wildman–Crippen MR) is 122 cm³/mol. The molecule has 1 saturated heterocycles. The van der Waals surface area contributed by atoms with Crippen LogP contribution in [0.2, 0.25) is 0 Å². The molecule has 0 bridgehead atoms. The van der Waals surface area contributed by atoms with E-state index in [2.05, 4.69) is 27.7 Å². The third-order valence-corrected chi connectivity index (χ3v) is 6.23. The number of rotatable bonds is 7. The lowest BCUT2D eigenvalue weighted by molar-refractivity contribution is -0.125. The third kappa shape index (κ3) is 7.05. The molecule has 4 nitrogen and oxygen atoms in total. The van der Waals surface area contributed by atoms with Gasteiger partial charge in [0, 0.05) is 24.0 Å². The molecule has 1 fully saturated rings. The number of carbonyl (C=O) groups excluding carboxylic acids is 1. The molecule has 1 amide bonds. The van der Waals surface area contributed by atoms with Gasteiger partial charge >= 0.3 is 0 Å². The number of nitrogens with two attached hydrogens (primary N) is 1. The molecule has 7 heteroatoms. The van der Waals surface area contributed by atoms with Crippen LogP contribution in [-0.2, 0) is 11.3 Å². The van der Waals surface area contributed by atoms with Crippen LogP contribution in [0.15, 0.2) is 47.8 Å². The van der Waals surface area contributed by atoms with Gasteiger partial charge in [-0.2, -0.15) is 0 Å². The minimum Gasteiger partial charge on any atom is -0.356 e. The van der Waals surface area contributed by atoms with Gasteiger partial charge in [0.05, 0.1) is 5.92 Å². The van der Waals surface area contributed by atoms with Crippen molar-refractivity contribution in [2.45, 2.75) is 32.4 Å². The van der Waals surface area contributed by atoms with Gasteiger partial charge in [0.15, 0.2) is 0 Å². The predicted octanol–water partition coefficient (Wildman–Crippen LogP) is 4.26. The molecule has 2 heterocycles. The molecule has 0 aliphatic carbocycles. The van der Waals surface area contributed by atoms with Gasteiger partial charge in [0.2, 0.25) is 5.91 Å². The molecule has 1 aromatic heterocycles. The van der Waals surface area contributed by atoms with Crippen LogP contribution in [0.4, 0.5) is 0 Å². The number of likely N-dealkylation sites (tertiary alicyclic amines) is 1. The van der Waals surface area contributed by atoms with Crippen molar-refractivity contribution < 1.29 is 4.79 Å². The Kier molecular flexibility index (Phi) is 11.1. The Balaban J connectivity index is 0.00000196. The normalized spacial score (nSPS) is 17.1. The maximum Gasteiger partial charge on any atom is 0.224 e. The average molecular weight is 444 g/mol. The van der Waals surface area contributed by atoms with Crippen molar-refractivity contribution in [2.24, 2.45) is 17.6 Å². The second-order valence-corrected chi connectivity index (χ2v) is 8.30. The van der Waals surface area contributed by atoms with Crippen LogP contribution in [0.5, 0.6) is 0 Å². The standard InChI is InChI=1S/C21H29N3OS.2ClH/c1-16(20(22)18-6-3-2-4-7-18)21(25)23-14-17-9-11-24(12-10-17)15-19-8-5-13-26-19;;/h2-8,13,16-17,20H,9-12,14-15,22H2,1H3,(H,23,25);2*1H. The highest BCUT2D eigenvalue weighted by atomic mass is 35.5. The van der Waals surface area contributed by atoms with E-state index >= 15 is 0 Å². The van der Waals surface area contributed by atoms with Gasteiger partial charge in [-0.05, 0) is 48.9 Å². The van der Waals surface area contributed by atoms with Crippen LogP contribution < -0.4 is 11.1 Å². The molecule has 3 rings (SSSR count). The average Bonchev–Trinajstić information content (AvgIpc) is 3.19. The molecule has 0 radical (unpaired) electrons. The minimum absolute atomic E-state index is 0. The molecule has 1 aromatic carbocycles. The molecule has 1 aliphatic rings.